The number of ether oxygens (including phenoxy) is 1. The van der Waals surface area contributed by atoms with E-state index in [1.807, 2.05) is 0 Å². The number of unbranched alkanes of at least 4 members (excludes halogenated alkanes) is 4. The van der Waals surface area contributed by atoms with Crippen molar-refractivity contribution in [2.75, 3.05) is 31.2 Å². The van der Waals surface area contributed by atoms with E-state index in [2.05, 4.69) is 40.9 Å². The molecule has 0 amide bonds. The summed E-state index contributed by atoms with van der Waals surface area (Å²) >= 11 is 0. The van der Waals surface area contributed by atoms with Crippen LogP contribution in [0.4, 0.5) is 5.69 Å². The van der Waals surface area contributed by atoms with Crippen LogP contribution in [0.25, 0.3) is 0 Å². The van der Waals surface area contributed by atoms with Crippen molar-refractivity contribution in [1.82, 2.24) is 0 Å². The number of aryl methyl sites for hydroxylation is 1. The molecule has 1 saturated heterocycles. The molecular formula is C16H27BrN2O. The van der Waals surface area contributed by atoms with Crippen LogP contribution in [-0.4, -0.2) is 26.3 Å². The Balaban J connectivity index is 0.00000200. The normalized spacial score (nSPS) is 14.9. The van der Waals surface area contributed by atoms with E-state index >= 15 is 0 Å². The fourth-order valence-electron chi connectivity index (χ4n) is 2.53. The van der Waals surface area contributed by atoms with Gasteiger partial charge in [-0.3, -0.25) is 0 Å². The maximum atomic E-state index is 5.38. The number of hydrogen-bond donors (Lipinski definition) is 0. The van der Waals surface area contributed by atoms with Gasteiger partial charge in [-0.15, -0.1) is 0 Å². The summed E-state index contributed by atoms with van der Waals surface area (Å²) in [7, 11) is 0. The monoisotopic (exact) mass is 342 g/mol. The number of aromatic nitrogens is 1. The van der Waals surface area contributed by atoms with Gasteiger partial charge in [0.2, 0.25) is 0 Å². The molecule has 0 N–H and O–H groups in total. The third-order valence-electron chi connectivity index (χ3n) is 3.77. The first-order valence-corrected chi connectivity index (χ1v) is 7.72. The standard InChI is InChI=1S/C16H27N2O.BrH/c1-2-3-4-5-6-9-17-10-7-16(8-11-17)18-12-14-19-15-13-18;/h7-8,10-11H,2-6,9,12-15H2,1H3;1H/q+1;/p-1. The molecule has 0 radical (unpaired) electrons. The Bertz CT molecular complexity index is 350. The number of nitrogens with zero attached hydrogens (tertiary/aromatic N) is 2. The average molecular weight is 343 g/mol. The van der Waals surface area contributed by atoms with Gasteiger partial charge in [-0.1, -0.05) is 26.2 Å². The summed E-state index contributed by atoms with van der Waals surface area (Å²) < 4.78 is 7.68. The summed E-state index contributed by atoms with van der Waals surface area (Å²) in [4.78, 5) is 2.40. The zero-order chi connectivity index (χ0) is 13.3. The predicted molar refractivity (Wildman–Crippen MR) is 78.4 cm³/mol. The molecule has 0 aliphatic carbocycles. The Morgan fingerprint density at radius 1 is 1.05 bits per heavy atom. The molecule has 0 atom stereocenters. The van der Waals surface area contributed by atoms with Crippen LogP contribution < -0.4 is 26.4 Å². The molecule has 1 aliphatic rings. The van der Waals surface area contributed by atoms with Gasteiger partial charge in [0.1, 0.15) is 6.54 Å². The molecule has 2 rings (SSSR count). The third-order valence-corrected chi connectivity index (χ3v) is 3.77. The molecule has 1 aliphatic heterocycles. The molecule has 20 heavy (non-hydrogen) atoms. The molecule has 0 aromatic carbocycles. The molecule has 1 aromatic rings. The summed E-state index contributed by atoms with van der Waals surface area (Å²) in [5.41, 5.74) is 1.32. The maximum Gasteiger partial charge on any atom is 0.170 e. The Labute approximate surface area is 133 Å². The van der Waals surface area contributed by atoms with Crippen molar-refractivity contribution in [1.29, 1.82) is 0 Å². The van der Waals surface area contributed by atoms with Crippen molar-refractivity contribution in [2.45, 2.75) is 45.6 Å². The minimum Gasteiger partial charge on any atom is -1.00 e. The smallest absolute Gasteiger partial charge is 0.170 e. The Morgan fingerprint density at radius 3 is 2.35 bits per heavy atom. The fraction of sp³-hybridized carbons (Fsp3) is 0.688. The maximum absolute atomic E-state index is 5.38. The van der Waals surface area contributed by atoms with Gasteiger partial charge >= 0.3 is 0 Å². The summed E-state index contributed by atoms with van der Waals surface area (Å²) in [6.45, 7) is 7.15. The summed E-state index contributed by atoms with van der Waals surface area (Å²) in [6.07, 6.45) is 11.1. The lowest BCUT2D eigenvalue weighted by molar-refractivity contribution is -0.697. The molecule has 114 valence electrons. The lowest BCUT2D eigenvalue weighted by Gasteiger charge is -2.28. The number of morpholine rings is 1. The molecule has 0 unspecified atom stereocenters. The van der Waals surface area contributed by atoms with Crippen LogP contribution in [0.2, 0.25) is 0 Å². The molecule has 2 heterocycles. The van der Waals surface area contributed by atoms with E-state index in [0.717, 1.165) is 32.8 Å². The van der Waals surface area contributed by atoms with E-state index in [1.165, 1.54) is 37.8 Å². The first kappa shape index (κ1) is 17.4. The van der Waals surface area contributed by atoms with Crippen LogP contribution in [0, 0.1) is 0 Å². The second-order valence-corrected chi connectivity index (χ2v) is 5.31. The van der Waals surface area contributed by atoms with E-state index < -0.39 is 0 Å². The lowest BCUT2D eigenvalue weighted by Crippen LogP contribution is -3.00. The van der Waals surface area contributed by atoms with Gasteiger partial charge in [-0.05, 0) is 6.42 Å². The first-order valence-electron chi connectivity index (χ1n) is 7.72. The van der Waals surface area contributed by atoms with Crippen molar-refractivity contribution in [3.8, 4) is 0 Å². The minimum atomic E-state index is 0. The first-order chi connectivity index (χ1) is 9.40. The summed E-state index contributed by atoms with van der Waals surface area (Å²) in [6, 6.07) is 4.47. The van der Waals surface area contributed by atoms with E-state index in [9.17, 15) is 0 Å². The highest BCUT2D eigenvalue weighted by atomic mass is 79.9. The average Bonchev–Trinajstić information content (AvgIpc) is 2.49. The van der Waals surface area contributed by atoms with Gasteiger partial charge in [0.05, 0.1) is 13.2 Å². The number of hydrogen-bond acceptors (Lipinski definition) is 2. The predicted octanol–water partition coefficient (Wildman–Crippen LogP) is -0.215. The van der Waals surface area contributed by atoms with E-state index in [4.69, 9.17) is 4.74 Å². The topological polar surface area (TPSA) is 16.4 Å². The Kier molecular flexibility index (Phi) is 8.86. The van der Waals surface area contributed by atoms with Gasteiger partial charge in [0, 0.05) is 37.3 Å². The Morgan fingerprint density at radius 2 is 1.70 bits per heavy atom. The summed E-state index contributed by atoms with van der Waals surface area (Å²) in [5, 5.41) is 0. The van der Waals surface area contributed by atoms with Crippen LogP contribution in [0.5, 0.6) is 0 Å². The number of anilines is 1. The van der Waals surface area contributed by atoms with Gasteiger partial charge in [0.25, 0.3) is 0 Å². The summed E-state index contributed by atoms with van der Waals surface area (Å²) in [5.74, 6) is 0. The van der Waals surface area contributed by atoms with Crippen molar-refractivity contribution in [3.05, 3.63) is 24.5 Å². The highest BCUT2D eigenvalue weighted by Crippen LogP contribution is 2.13. The molecule has 1 fully saturated rings. The van der Waals surface area contributed by atoms with E-state index in [1.54, 1.807) is 0 Å². The highest BCUT2D eigenvalue weighted by Gasteiger charge is 2.12. The number of pyridine rings is 1. The van der Waals surface area contributed by atoms with Crippen molar-refractivity contribution in [2.24, 2.45) is 0 Å². The molecular weight excluding hydrogens is 316 g/mol. The van der Waals surface area contributed by atoms with Crippen molar-refractivity contribution < 1.29 is 26.3 Å². The second-order valence-electron chi connectivity index (χ2n) is 5.31. The molecule has 0 saturated carbocycles. The van der Waals surface area contributed by atoms with Crippen LogP contribution in [0.1, 0.15) is 39.0 Å². The quantitative estimate of drug-likeness (QED) is 0.503. The van der Waals surface area contributed by atoms with E-state index in [-0.39, 0.29) is 17.0 Å². The van der Waals surface area contributed by atoms with Gasteiger partial charge in [-0.2, -0.15) is 0 Å². The largest absolute Gasteiger partial charge is 1.00 e. The third kappa shape index (κ3) is 5.80. The molecule has 0 bridgehead atoms. The van der Waals surface area contributed by atoms with Gasteiger partial charge < -0.3 is 26.6 Å². The molecule has 0 spiro atoms. The second kappa shape index (κ2) is 10.2. The molecule has 1 aromatic heterocycles. The SMILES string of the molecule is CCCCCCC[n+]1ccc(N2CCOCC2)cc1.[Br-]. The van der Waals surface area contributed by atoms with Gasteiger partial charge in [-0.25, -0.2) is 4.57 Å². The highest BCUT2D eigenvalue weighted by molar-refractivity contribution is 5.43. The van der Waals surface area contributed by atoms with Crippen LogP contribution in [-0.2, 0) is 11.3 Å². The van der Waals surface area contributed by atoms with Crippen LogP contribution in [0.15, 0.2) is 24.5 Å². The van der Waals surface area contributed by atoms with Crippen LogP contribution >= 0.6 is 0 Å². The minimum absolute atomic E-state index is 0. The van der Waals surface area contributed by atoms with Crippen molar-refractivity contribution in [3.63, 3.8) is 0 Å². The lowest BCUT2D eigenvalue weighted by atomic mass is 10.1. The van der Waals surface area contributed by atoms with E-state index in [0.29, 0.717) is 0 Å². The van der Waals surface area contributed by atoms with Crippen LogP contribution in [0.3, 0.4) is 0 Å². The number of rotatable bonds is 7. The number of halogens is 1. The molecule has 3 nitrogen and oxygen atoms in total. The zero-order valence-electron chi connectivity index (χ0n) is 12.6. The zero-order valence-corrected chi connectivity index (χ0v) is 14.1. The molecule has 4 heteroatoms. The van der Waals surface area contributed by atoms with Crippen molar-refractivity contribution >= 4 is 5.69 Å². The fourth-order valence-corrected chi connectivity index (χ4v) is 2.53. The van der Waals surface area contributed by atoms with Gasteiger partial charge in [0.15, 0.2) is 12.4 Å². The Hall–Kier alpha value is -0.610.